The zero-order chi connectivity index (χ0) is 0. The fourth-order valence-electron chi connectivity index (χ4n) is 0. The van der Waals surface area contributed by atoms with E-state index in [1.54, 1.807) is 0 Å². The Morgan fingerprint density at radius 3 is 0.0667 bits per heavy atom. The summed E-state index contributed by atoms with van der Waals surface area (Å²) in [4.78, 5) is 0. The maximum absolute atomic E-state index is 0. The van der Waals surface area contributed by atoms with Gasteiger partial charge >= 0.3 is 955 Å². The average molecular weight is 2170 g/mol. The van der Waals surface area contributed by atoms with Crippen LogP contribution in [0.25, 0.3) is 0 Å². The summed E-state index contributed by atoms with van der Waals surface area (Å²) in [6, 6.07) is 0. The first-order valence-electron chi connectivity index (χ1n) is 0. The van der Waals surface area contributed by atoms with Gasteiger partial charge in [-0.3, -0.25) is 0 Å². The van der Waals surface area contributed by atoms with E-state index in [-0.39, 0.29) is 1070 Å². The van der Waals surface area contributed by atoms with Gasteiger partial charge in [0, 0.05) is 0 Å². The number of hydrogen-bond donors (Lipinski definition) is 0. The van der Waals surface area contributed by atoms with Crippen molar-refractivity contribution in [3.8, 4) is 0 Å². The second-order valence-electron chi connectivity index (χ2n) is 0. The Morgan fingerprint density at radius 2 is 0.0667 bits per heavy atom. The summed E-state index contributed by atoms with van der Waals surface area (Å²) in [5.41, 5.74) is 0. The van der Waals surface area contributed by atoms with Gasteiger partial charge in [-0.2, -0.15) is 0 Å². The molecule has 0 amide bonds. The van der Waals surface area contributed by atoms with E-state index < -0.39 is 0 Å². The Labute approximate surface area is 1020 Å². The van der Waals surface area contributed by atoms with Crippen molar-refractivity contribution < 1.29 is 0 Å². The molecule has 30 heteroatoms. The van der Waals surface area contributed by atoms with E-state index in [0.717, 1.165) is 0 Å². The minimum absolute atomic E-state index is 0. The molecule has 72 valence electrons. The van der Waals surface area contributed by atoms with Crippen molar-refractivity contribution in [3.63, 3.8) is 0 Å². The van der Waals surface area contributed by atoms with E-state index in [9.17, 15) is 0 Å². The van der Waals surface area contributed by atoms with E-state index >= 15 is 0 Å². The maximum atomic E-state index is 0. The number of hydrogen-bond acceptors (Lipinski definition) is 0. The summed E-state index contributed by atoms with van der Waals surface area (Å²) < 4.78 is 0. The third kappa shape index (κ3) is 200. The van der Waals surface area contributed by atoms with Gasteiger partial charge in [0.1, 0.15) is 0 Å². The Bertz CT molecular complexity index is 26.4. The molecule has 0 saturated carbocycles. The second-order valence-corrected chi connectivity index (χ2v) is 0. The minimum Gasteiger partial charge on any atom is -0.147 e. The normalized spacial score (nSPS) is 0. The van der Waals surface area contributed by atoms with Crippen LogP contribution in [-0.2, 0) is 0 Å². The smallest absolute Gasteiger partial charge is 0.147 e. The quantitative estimate of drug-likeness (QED) is 0.217. The SMILES string of the molecule is Cl.Cl.Cl.Cl.Cl.Cl.Cl.Cl.Cl.[Sr+2].[Sr+2].[Sr+2].[Sr+2].[Sr+2].[Sr+2].[Sr+2].[Sr+2].[Sr+2].[Sr+2].[Sr+2].[Sr+2].[Sr+2].[Sr+2].[Sr+2].[Sr+2].[Sr+2].[Sr+2].[Sr+2].[Sr+2].[Sr+2]. The number of rotatable bonds is 0. The van der Waals surface area contributed by atoms with Crippen LogP contribution in [0.3, 0.4) is 0 Å². The first kappa shape index (κ1) is 221. The molecule has 0 unspecified atom stereocenters. The molecule has 0 fully saturated rings. The van der Waals surface area contributed by atoms with Gasteiger partial charge in [0.2, 0.25) is 0 Å². The van der Waals surface area contributed by atoms with Crippen LogP contribution in [0.15, 0.2) is 0 Å². The summed E-state index contributed by atoms with van der Waals surface area (Å²) in [7, 11) is 0. The second kappa shape index (κ2) is 210. The van der Waals surface area contributed by atoms with E-state index in [1.165, 1.54) is 0 Å². The molecule has 0 N–H and O–H groups in total. The molecule has 0 heterocycles. The van der Waals surface area contributed by atoms with Crippen LogP contribution < -0.4 is 0 Å². The van der Waals surface area contributed by atoms with Crippen LogP contribution in [0.5, 0.6) is 0 Å². The van der Waals surface area contributed by atoms with Crippen molar-refractivity contribution in [3.05, 3.63) is 0 Å². The fourth-order valence-corrected chi connectivity index (χ4v) is 0. The van der Waals surface area contributed by atoms with E-state index in [4.69, 9.17) is 0 Å². The molecule has 0 saturated heterocycles. The summed E-state index contributed by atoms with van der Waals surface area (Å²) in [6.45, 7) is 0. The Morgan fingerprint density at radius 1 is 0.0667 bits per heavy atom. The molecule has 0 rings (SSSR count). The number of halogens is 9. The Kier molecular flexibility index (Phi) is 1540. The molecule has 0 aromatic rings. The van der Waals surface area contributed by atoms with Gasteiger partial charge in [-0.15, -0.1) is 112 Å². The standard InChI is InChI=1S/9ClH.21Sr/h9*1H;;;;;;;;;;;;;;;;;;;;;/q;;;;;;;;;21*+2. The van der Waals surface area contributed by atoms with E-state index in [1.807, 2.05) is 0 Å². The first-order chi connectivity index (χ1) is 0. The van der Waals surface area contributed by atoms with Crippen LogP contribution in [-0.4, -0.2) is 955 Å². The molecule has 0 aromatic heterocycles. The maximum Gasteiger partial charge on any atom is 2.00 e. The molecule has 30 heavy (non-hydrogen) atoms. The predicted octanol–water partition coefficient (Wildman–Crippen LogP) is -4.20. The molecule has 0 aliphatic heterocycles. The molecule has 0 aliphatic carbocycles. The molecule has 0 aromatic carbocycles. The van der Waals surface area contributed by atoms with Crippen molar-refractivity contribution >= 4 is 1070 Å². The minimum atomic E-state index is 0. The topological polar surface area (TPSA) is 0 Å². The fraction of sp³-hybridized carbons (Fsp3) is 0. The van der Waals surface area contributed by atoms with E-state index in [0.29, 0.717) is 0 Å². The molecular weight excluding hydrogens is 2160 g/mol. The van der Waals surface area contributed by atoms with Crippen molar-refractivity contribution in [1.29, 1.82) is 0 Å². The van der Waals surface area contributed by atoms with Gasteiger partial charge in [-0.25, -0.2) is 0 Å². The zero-order valence-electron chi connectivity index (χ0n) is 18.5. The zero-order valence-corrected chi connectivity index (χ0v) is 98.9. The third-order valence-corrected chi connectivity index (χ3v) is 0. The molecule has 0 nitrogen and oxygen atoms in total. The largest absolute Gasteiger partial charge is 2.00 e. The van der Waals surface area contributed by atoms with Gasteiger partial charge < -0.3 is 0 Å². The molecule has 0 bridgehead atoms. The molecule has 0 atom stereocenters. The van der Waals surface area contributed by atoms with Crippen LogP contribution >= 0.6 is 112 Å². The molecule has 0 radical (unpaired) electrons. The monoisotopic (exact) mass is 2170 g/mol. The molecule has 0 spiro atoms. The van der Waals surface area contributed by atoms with Gasteiger partial charge in [0.25, 0.3) is 0 Å². The van der Waals surface area contributed by atoms with Crippen LogP contribution in [0, 0.1) is 0 Å². The van der Waals surface area contributed by atoms with Crippen molar-refractivity contribution in [1.82, 2.24) is 0 Å². The van der Waals surface area contributed by atoms with Gasteiger partial charge in [-0.05, 0) is 0 Å². The van der Waals surface area contributed by atoms with Crippen LogP contribution in [0.4, 0.5) is 0 Å². The van der Waals surface area contributed by atoms with Gasteiger partial charge in [-0.1, -0.05) is 0 Å². The molecule has 0 aliphatic rings. The van der Waals surface area contributed by atoms with Crippen LogP contribution in [0.1, 0.15) is 0 Å². The van der Waals surface area contributed by atoms with Crippen LogP contribution in [0.2, 0.25) is 0 Å². The van der Waals surface area contributed by atoms with Crippen molar-refractivity contribution in [2.45, 2.75) is 0 Å². The third-order valence-electron chi connectivity index (χ3n) is 0. The average Bonchev–Trinajstić information content (AvgIpc) is 0. The molecular formula is H9Cl9Sr21+42. The Balaban J connectivity index is 0. The summed E-state index contributed by atoms with van der Waals surface area (Å²) >= 11 is 0. The summed E-state index contributed by atoms with van der Waals surface area (Å²) in [5, 5.41) is 0. The Hall–Kier alpha value is 33.7. The van der Waals surface area contributed by atoms with Crippen molar-refractivity contribution in [2.75, 3.05) is 0 Å². The summed E-state index contributed by atoms with van der Waals surface area (Å²) in [5.74, 6) is 0. The van der Waals surface area contributed by atoms with Gasteiger partial charge in [0.05, 0.1) is 0 Å². The predicted molar refractivity (Wildman–Crippen MR) is 186 cm³/mol. The summed E-state index contributed by atoms with van der Waals surface area (Å²) in [6.07, 6.45) is 0. The first-order valence-corrected chi connectivity index (χ1v) is 0. The van der Waals surface area contributed by atoms with Crippen molar-refractivity contribution in [2.24, 2.45) is 0 Å². The van der Waals surface area contributed by atoms with Gasteiger partial charge in [0.15, 0.2) is 0 Å². The van der Waals surface area contributed by atoms with E-state index in [2.05, 4.69) is 0 Å².